The molecule has 0 fully saturated rings. The number of amides is 1. The first-order valence-corrected chi connectivity index (χ1v) is 12.9. The minimum Gasteiger partial charge on any atom is -0.474 e. The summed E-state index contributed by atoms with van der Waals surface area (Å²) >= 11 is 6.06. The molecule has 10 nitrogen and oxygen atoms in total. The Morgan fingerprint density at radius 3 is 2.76 bits per heavy atom. The molecule has 0 saturated carbocycles. The van der Waals surface area contributed by atoms with Crippen molar-refractivity contribution < 1.29 is 13.9 Å². The Hall–Kier alpha value is -3.38. The van der Waals surface area contributed by atoms with Crippen molar-refractivity contribution in [3.05, 3.63) is 53.4 Å². The lowest BCUT2D eigenvalue weighted by Gasteiger charge is -2.21. The number of nitrogens with one attached hydrogen (secondary N) is 3. The first-order chi connectivity index (χ1) is 18.4. The van der Waals surface area contributed by atoms with Crippen LogP contribution in [0.4, 0.5) is 21.6 Å². The number of nitrogens with two attached hydrogens (primary N) is 1. The number of pyridine rings is 1. The highest BCUT2D eigenvalue weighted by molar-refractivity contribution is 6.30. The largest absolute Gasteiger partial charge is 0.474 e. The van der Waals surface area contributed by atoms with Gasteiger partial charge < -0.3 is 31.3 Å². The minimum atomic E-state index is -0.484. The van der Waals surface area contributed by atoms with E-state index >= 15 is 0 Å². The van der Waals surface area contributed by atoms with Gasteiger partial charge in [-0.2, -0.15) is 0 Å². The summed E-state index contributed by atoms with van der Waals surface area (Å²) in [6.07, 6.45) is 2.94. The molecule has 2 heterocycles. The van der Waals surface area contributed by atoms with Gasteiger partial charge in [-0.25, -0.2) is 9.37 Å². The Morgan fingerprint density at radius 1 is 1.16 bits per heavy atom. The Morgan fingerprint density at radius 2 is 2.00 bits per heavy atom. The molecule has 3 aromatic rings. The fraction of sp³-hybridized carbons (Fsp3) is 0.385. The number of carbonyl (C=O) groups is 1. The minimum absolute atomic E-state index is 0.128. The summed E-state index contributed by atoms with van der Waals surface area (Å²) in [6, 6.07) is 9.23. The van der Waals surface area contributed by atoms with E-state index in [4.69, 9.17) is 22.1 Å². The van der Waals surface area contributed by atoms with Gasteiger partial charge in [-0.05, 0) is 50.3 Å². The lowest BCUT2D eigenvalue weighted by atomic mass is 10.1. The summed E-state index contributed by atoms with van der Waals surface area (Å²) in [7, 11) is 1.91. The molecule has 0 unspecified atom stereocenters. The molecule has 0 aliphatic carbocycles. The van der Waals surface area contributed by atoms with Gasteiger partial charge in [0, 0.05) is 61.1 Å². The van der Waals surface area contributed by atoms with E-state index < -0.39 is 5.82 Å². The second-order valence-electron chi connectivity index (χ2n) is 8.51. The SMILES string of the molecule is CCCN(CCNC)CCC(=O)Nc1cc(Nc2cc(-c3cc(Cl)ccc3F)nnc2OCCN)ccn1. The number of aromatic nitrogens is 3. The van der Waals surface area contributed by atoms with E-state index in [1.807, 2.05) is 7.05 Å². The summed E-state index contributed by atoms with van der Waals surface area (Å²) in [4.78, 5) is 19.1. The van der Waals surface area contributed by atoms with Crippen molar-refractivity contribution in [3.8, 4) is 17.1 Å². The van der Waals surface area contributed by atoms with Crippen LogP contribution in [0.15, 0.2) is 42.6 Å². The Balaban J connectivity index is 1.74. The molecule has 0 bridgehead atoms. The van der Waals surface area contributed by atoms with Crippen molar-refractivity contribution in [1.82, 2.24) is 25.4 Å². The molecule has 0 saturated heterocycles. The topological polar surface area (TPSA) is 130 Å². The van der Waals surface area contributed by atoms with Crippen LogP contribution < -0.4 is 26.4 Å². The van der Waals surface area contributed by atoms with Crippen LogP contribution in [0.2, 0.25) is 5.02 Å². The van der Waals surface area contributed by atoms with Crippen molar-refractivity contribution >= 4 is 34.7 Å². The van der Waals surface area contributed by atoms with E-state index in [1.54, 1.807) is 24.4 Å². The number of carbonyl (C=O) groups excluding carboxylic acids is 1. The van der Waals surface area contributed by atoms with Crippen LogP contribution in [0, 0.1) is 5.82 Å². The molecular weight excluding hydrogens is 511 g/mol. The summed E-state index contributed by atoms with van der Waals surface area (Å²) in [5, 5.41) is 17.8. The van der Waals surface area contributed by atoms with Crippen LogP contribution in [0.25, 0.3) is 11.3 Å². The predicted octanol–water partition coefficient (Wildman–Crippen LogP) is 3.67. The summed E-state index contributed by atoms with van der Waals surface area (Å²) < 4.78 is 20.1. The second-order valence-corrected chi connectivity index (χ2v) is 8.94. The van der Waals surface area contributed by atoms with Gasteiger partial charge in [0.15, 0.2) is 0 Å². The van der Waals surface area contributed by atoms with Crippen LogP contribution in [0.1, 0.15) is 19.8 Å². The van der Waals surface area contributed by atoms with Crippen molar-refractivity contribution in [3.63, 3.8) is 0 Å². The third-order valence-corrected chi connectivity index (χ3v) is 5.74. The number of halogens is 2. The number of nitrogens with zero attached hydrogens (tertiary/aromatic N) is 4. The highest BCUT2D eigenvalue weighted by Crippen LogP contribution is 2.31. The lowest BCUT2D eigenvalue weighted by Crippen LogP contribution is -2.34. The summed E-state index contributed by atoms with van der Waals surface area (Å²) in [5.41, 5.74) is 7.09. The molecule has 5 N–H and O–H groups in total. The molecule has 1 amide bonds. The highest BCUT2D eigenvalue weighted by atomic mass is 35.5. The average Bonchev–Trinajstić information content (AvgIpc) is 2.91. The number of likely N-dealkylation sites (N-methyl/N-ethyl adjacent to an activating group) is 1. The summed E-state index contributed by atoms with van der Waals surface area (Å²) in [5.74, 6) is -0.0226. The lowest BCUT2D eigenvalue weighted by molar-refractivity contribution is -0.116. The maximum atomic E-state index is 14.5. The van der Waals surface area contributed by atoms with E-state index in [2.05, 4.69) is 43.0 Å². The molecule has 0 aliphatic rings. The van der Waals surface area contributed by atoms with Crippen molar-refractivity contribution in [2.45, 2.75) is 19.8 Å². The van der Waals surface area contributed by atoms with Crippen LogP contribution in [-0.4, -0.2) is 72.4 Å². The maximum Gasteiger partial charge on any atom is 0.257 e. The van der Waals surface area contributed by atoms with E-state index in [1.165, 1.54) is 18.2 Å². The zero-order valence-electron chi connectivity index (χ0n) is 21.6. The van der Waals surface area contributed by atoms with Gasteiger partial charge in [-0.15, -0.1) is 10.2 Å². The molecule has 2 aromatic heterocycles. The van der Waals surface area contributed by atoms with Crippen molar-refractivity contribution in [1.29, 1.82) is 0 Å². The second kappa shape index (κ2) is 15.1. The number of hydrogen-bond acceptors (Lipinski definition) is 9. The zero-order chi connectivity index (χ0) is 27.3. The van der Waals surface area contributed by atoms with Gasteiger partial charge >= 0.3 is 0 Å². The fourth-order valence-corrected chi connectivity index (χ4v) is 3.85. The number of benzene rings is 1. The molecular formula is C26H34ClFN8O2. The normalized spacial score (nSPS) is 11.0. The van der Waals surface area contributed by atoms with E-state index in [9.17, 15) is 9.18 Å². The monoisotopic (exact) mass is 544 g/mol. The van der Waals surface area contributed by atoms with E-state index in [0.29, 0.717) is 35.2 Å². The predicted molar refractivity (Wildman–Crippen MR) is 148 cm³/mol. The molecule has 3 rings (SSSR count). The molecule has 0 aliphatic heterocycles. The molecule has 0 radical (unpaired) electrons. The van der Waals surface area contributed by atoms with Gasteiger partial charge in [-0.1, -0.05) is 18.5 Å². The van der Waals surface area contributed by atoms with Gasteiger partial charge in [0.2, 0.25) is 5.91 Å². The molecule has 38 heavy (non-hydrogen) atoms. The first-order valence-electron chi connectivity index (χ1n) is 12.5. The van der Waals surface area contributed by atoms with Crippen molar-refractivity contribution in [2.24, 2.45) is 5.73 Å². The fourth-order valence-electron chi connectivity index (χ4n) is 3.68. The third kappa shape index (κ3) is 8.88. The first kappa shape index (κ1) is 29.2. The smallest absolute Gasteiger partial charge is 0.257 e. The number of ether oxygens (including phenoxy) is 1. The van der Waals surface area contributed by atoms with Crippen LogP contribution in [0.3, 0.4) is 0 Å². The van der Waals surface area contributed by atoms with Gasteiger partial charge in [0.1, 0.15) is 23.9 Å². The quantitative estimate of drug-likeness (QED) is 0.226. The summed E-state index contributed by atoms with van der Waals surface area (Å²) in [6.45, 7) is 5.95. The van der Waals surface area contributed by atoms with Crippen molar-refractivity contribution in [2.75, 3.05) is 57.0 Å². The molecule has 204 valence electrons. The highest BCUT2D eigenvalue weighted by Gasteiger charge is 2.15. The maximum absolute atomic E-state index is 14.5. The van der Waals surface area contributed by atoms with Gasteiger partial charge in [0.05, 0.1) is 5.69 Å². The zero-order valence-corrected chi connectivity index (χ0v) is 22.4. The van der Waals surface area contributed by atoms with Gasteiger partial charge in [-0.3, -0.25) is 4.79 Å². The molecule has 1 aromatic carbocycles. The van der Waals surface area contributed by atoms with Crippen LogP contribution in [-0.2, 0) is 4.79 Å². The number of hydrogen-bond donors (Lipinski definition) is 4. The Bertz CT molecular complexity index is 1200. The molecule has 0 spiro atoms. The average molecular weight is 545 g/mol. The Kier molecular flexibility index (Phi) is 11.6. The van der Waals surface area contributed by atoms with Gasteiger partial charge in [0.25, 0.3) is 5.88 Å². The molecule has 12 heteroatoms. The number of rotatable bonds is 15. The Labute approximate surface area is 227 Å². The number of anilines is 3. The van der Waals surface area contributed by atoms with E-state index in [-0.39, 0.29) is 36.2 Å². The molecule has 0 atom stereocenters. The third-order valence-electron chi connectivity index (χ3n) is 5.50. The van der Waals surface area contributed by atoms with Crippen LogP contribution in [0.5, 0.6) is 5.88 Å². The van der Waals surface area contributed by atoms with Crippen LogP contribution >= 0.6 is 11.6 Å². The van der Waals surface area contributed by atoms with E-state index in [0.717, 1.165) is 26.1 Å². The standard InChI is InChI=1S/C26H34ClFN8O2/c1-3-11-36(13-10-30-2)12-7-25(37)33-24-16-19(6-9-31-24)32-23-17-22(34-35-26(23)38-14-8-29)20-15-18(27)4-5-21(20)28/h4-6,9,15-17,30H,3,7-8,10-14,29H2,1-2H3,(H2,31,32,33,34,37).